The van der Waals surface area contributed by atoms with Crippen molar-refractivity contribution in [1.29, 1.82) is 0 Å². The molecule has 0 unspecified atom stereocenters. The van der Waals surface area contributed by atoms with E-state index in [9.17, 15) is 4.79 Å². The molecule has 1 amide bonds. The van der Waals surface area contributed by atoms with Crippen molar-refractivity contribution in [1.82, 2.24) is 24.5 Å². The Morgan fingerprint density at radius 2 is 2.11 bits per heavy atom. The fourth-order valence-electron chi connectivity index (χ4n) is 4.19. The van der Waals surface area contributed by atoms with Crippen LogP contribution in [0.15, 0.2) is 35.4 Å². The maximum Gasteiger partial charge on any atom is 0.257 e. The monoisotopic (exact) mass is 387 g/mol. The number of hydrogen-bond donors (Lipinski definition) is 0. The molecule has 2 aliphatic heterocycles. The lowest BCUT2D eigenvalue weighted by molar-refractivity contribution is -0.0723. The van der Waals surface area contributed by atoms with Crippen molar-refractivity contribution >= 4 is 5.91 Å². The van der Waals surface area contributed by atoms with Crippen molar-refractivity contribution in [2.75, 3.05) is 52.9 Å². The molecule has 152 valence electrons. The number of hydrogen-bond acceptors (Lipinski definition) is 6. The van der Waals surface area contributed by atoms with Crippen LogP contribution in [0.25, 0.3) is 0 Å². The number of carbonyl (C=O) groups is 1. The van der Waals surface area contributed by atoms with Crippen LogP contribution in [0.3, 0.4) is 0 Å². The van der Waals surface area contributed by atoms with E-state index in [4.69, 9.17) is 9.15 Å². The standard InChI is InChI=1S/C20H29N5O3/c1-22-5-3-6-24(8-7-22)14-18-19(17-12-21-23(2)13-17)25(9-11-28-18)20(26)16-4-10-27-15-16/h4,10,12-13,15,18-19H,3,5-9,11,14H2,1-2H3/t18-,19-/m0/s1. The SMILES string of the molecule is CN1CCCN(C[C@@H]2OCCN(C(=O)c3ccoc3)[C@H]2c2cnn(C)c2)CC1. The normalized spacial score (nSPS) is 25.0. The Balaban J connectivity index is 1.57. The van der Waals surface area contributed by atoms with Gasteiger partial charge in [0, 0.05) is 45.0 Å². The van der Waals surface area contributed by atoms with E-state index in [1.165, 1.54) is 12.5 Å². The van der Waals surface area contributed by atoms with Gasteiger partial charge in [-0.2, -0.15) is 5.10 Å². The molecular formula is C20H29N5O3. The van der Waals surface area contributed by atoms with Crippen molar-refractivity contribution in [3.8, 4) is 0 Å². The number of aromatic nitrogens is 2. The fourth-order valence-corrected chi connectivity index (χ4v) is 4.19. The summed E-state index contributed by atoms with van der Waals surface area (Å²) in [5, 5.41) is 4.34. The third-order valence-corrected chi connectivity index (χ3v) is 5.70. The molecule has 0 bridgehead atoms. The first-order valence-corrected chi connectivity index (χ1v) is 9.96. The van der Waals surface area contributed by atoms with Gasteiger partial charge in [0.05, 0.1) is 36.8 Å². The van der Waals surface area contributed by atoms with Crippen molar-refractivity contribution in [3.63, 3.8) is 0 Å². The van der Waals surface area contributed by atoms with E-state index in [2.05, 4.69) is 21.9 Å². The summed E-state index contributed by atoms with van der Waals surface area (Å²) in [5.74, 6) is -0.0218. The number of aryl methyl sites for hydroxylation is 1. The molecule has 4 heterocycles. The Kier molecular flexibility index (Phi) is 5.79. The van der Waals surface area contributed by atoms with Gasteiger partial charge in [-0.15, -0.1) is 0 Å². The molecule has 4 rings (SSSR count). The Hall–Kier alpha value is -2.16. The van der Waals surface area contributed by atoms with Crippen LogP contribution in [0.1, 0.15) is 28.4 Å². The van der Waals surface area contributed by atoms with Gasteiger partial charge in [-0.1, -0.05) is 0 Å². The zero-order valence-corrected chi connectivity index (χ0v) is 16.7. The minimum atomic E-state index is -0.161. The maximum absolute atomic E-state index is 13.2. The number of amides is 1. The Labute approximate surface area is 165 Å². The predicted octanol–water partition coefficient (Wildman–Crippen LogP) is 1.23. The number of furan rings is 1. The topological polar surface area (TPSA) is 67.0 Å². The molecular weight excluding hydrogens is 358 g/mol. The fraction of sp³-hybridized carbons (Fsp3) is 0.600. The van der Waals surface area contributed by atoms with Gasteiger partial charge in [-0.05, 0) is 32.6 Å². The van der Waals surface area contributed by atoms with Crippen LogP contribution in [-0.4, -0.2) is 89.4 Å². The van der Waals surface area contributed by atoms with Gasteiger partial charge >= 0.3 is 0 Å². The molecule has 2 atom stereocenters. The lowest BCUT2D eigenvalue weighted by Gasteiger charge is -2.42. The van der Waals surface area contributed by atoms with Crippen molar-refractivity contribution in [2.45, 2.75) is 18.6 Å². The first-order chi connectivity index (χ1) is 13.6. The van der Waals surface area contributed by atoms with E-state index in [0.29, 0.717) is 18.7 Å². The largest absolute Gasteiger partial charge is 0.472 e. The maximum atomic E-state index is 13.2. The minimum absolute atomic E-state index is 0.0218. The average molecular weight is 387 g/mol. The smallest absolute Gasteiger partial charge is 0.257 e. The molecule has 2 saturated heterocycles. The quantitative estimate of drug-likeness (QED) is 0.786. The molecule has 2 fully saturated rings. The second kappa shape index (κ2) is 8.46. The number of carbonyl (C=O) groups excluding carboxylic acids is 1. The zero-order valence-electron chi connectivity index (χ0n) is 16.7. The third kappa shape index (κ3) is 4.14. The molecule has 0 saturated carbocycles. The van der Waals surface area contributed by atoms with Gasteiger partial charge in [0.25, 0.3) is 5.91 Å². The summed E-state index contributed by atoms with van der Waals surface area (Å²) in [7, 11) is 4.07. The number of rotatable bonds is 4. The van der Waals surface area contributed by atoms with Crippen molar-refractivity contribution < 1.29 is 13.9 Å². The van der Waals surface area contributed by atoms with Crippen LogP contribution in [0, 0.1) is 0 Å². The molecule has 0 aliphatic carbocycles. The Morgan fingerprint density at radius 1 is 1.21 bits per heavy atom. The highest BCUT2D eigenvalue weighted by atomic mass is 16.5. The number of nitrogens with zero attached hydrogens (tertiary/aromatic N) is 5. The molecule has 0 radical (unpaired) electrons. The predicted molar refractivity (Wildman–Crippen MR) is 104 cm³/mol. The van der Waals surface area contributed by atoms with E-state index in [0.717, 1.165) is 44.7 Å². The van der Waals surface area contributed by atoms with Gasteiger partial charge in [-0.25, -0.2) is 0 Å². The van der Waals surface area contributed by atoms with Crippen LogP contribution in [0.5, 0.6) is 0 Å². The molecule has 8 heteroatoms. The summed E-state index contributed by atoms with van der Waals surface area (Å²) in [6.07, 6.45) is 7.95. The summed E-state index contributed by atoms with van der Waals surface area (Å²) < 4.78 is 13.1. The number of ether oxygens (including phenoxy) is 1. The highest BCUT2D eigenvalue weighted by Gasteiger charge is 2.38. The van der Waals surface area contributed by atoms with Gasteiger partial charge < -0.3 is 19.0 Å². The lowest BCUT2D eigenvalue weighted by Crippen LogP contribution is -2.52. The van der Waals surface area contributed by atoms with E-state index < -0.39 is 0 Å². The summed E-state index contributed by atoms with van der Waals surface area (Å²) in [6, 6.07) is 1.56. The molecule has 0 aromatic carbocycles. The third-order valence-electron chi connectivity index (χ3n) is 5.70. The van der Waals surface area contributed by atoms with Gasteiger partial charge in [-0.3, -0.25) is 14.4 Å². The number of likely N-dealkylation sites (N-methyl/N-ethyl adjacent to an activating group) is 1. The molecule has 0 spiro atoms. The van der Waals surface area contributed by atoms with Crippen molar-refractivity contribution in [2.24, 2.45) is 7.05 Å². The Bertz CT molecular complexity index is 775. The molecule has 2 aromatic heterocycles. The summed E-state index contributed by atoms with van der Waals surface area (Å²) in [4.78, 5) is 19.9. The first kappa shape index (κ1) is 19.2. The molecule has 2 aliphatic rings. The lowest BCUT2D eigenvalue weighted by atomic mass is 9.99. The average Bonchev–Trinajstić information content (AvgIpc) is 3.33. The van der Waals surface area contributed by atoms with Gasteiger partial charge in [0.2, 0.25) is 0 Å². The summed E-state index contributed by atoms with van der Waals surface area (Å²) >= 11 is 0. The van der Waals surface area contributed by atoms with Crippen LogP contribution in [0.4, 0.5) is 0 Å². The molecule has 2 aromatic rings. The molecule has 28 heavy (non-hydrogen) atoms. The van der Waals surface area contributed by atoms with Gasteiger partial charge in [0.15, 0.2) is 0 Å². The first-order valence-electron chi connectivity index (χ1n) is 9.96. The van der Waals surface area contributed by atoms with E-state index in [1.54, 1.807) is 10.7 Å². The van der Waals surface area contributed by atoms with E-state index in [1.807, 2.05) is 24.3 Å². The number of morpholine rings is 1. The molecule has 0 N–H and O–H groups in total. The van der Waals surface area contributed by atoms with Crippen LogP contribution in [0.2, 0.25) is 0 Å². The van der Waals surface area contributed by atoms with Crippen molar-refractivity contribution in [3.05, 3.63) is 42.1 Å². The second-order valence-corrected chi connectivity index (χ2v) is 7.77. The highest BCUT2D eigenvalue weighted by molar-refractivity contribution is 5.94. The zero-order chi connectivity index (χ0) is 19.5. The van der Waals surface area contributed by atoms with Crippen LogP contribution in [-0.2, 0) is 11.8 Å². The highest BCUT2D eigenvalue weighted by Crippen LogP contribution is 2.31. The summed E-state index contributed by atoms with van der Waals surface area (Å²) in [6.45, 7) is 6.16. The van der Waals surface area contributed by atoms with E-state index >= 15 is 0 Å². The van der Waals surface area contributed by atoms with Crippen LogP contribution >= 0.6 is 0 Å². The second-order valence-electron chi connectivity index (χ2n) is 7.77. The van der Waals surface area contributed by atoms with Crippen LogP contribution < -0.4 is 0 Å². The van der Waals surface area contributed by atoms with E-state index in [-0.39, 0.29) is 18.1 Å². The minimum Gasteiger partial charge on any atom is -0.472 e. The Morgan fingerprint density at radius 3 is 2.86 bits per heavy atom. The summed E-state index contributed by atoms with van der Waals surface area (Å²) in [5.41, 5.74) is 1.59. The van der Waals surface area contributed by atoms with Gasteiger partial charge in [0.1, 0.15) is 6.26 Å². The molecule has 8 nitrogen and oxygen atoms in total.